The molecule has 3 nitrogen and oxygen atoms in total. The smallest absolute Gasteiger partial charge is 0.258 e. The maximum Gasteiger partial charge on any atom is 0.258 e. The van der Waals surface area contributed by atoms with Crippen molar-refractivity contribution in [3.63, 3.8) is 0 Å². The van der Waals surface area contributed by atoms with Crippen LogP contribution in [-0.4, -0.2) is 12.5 Å². The number of halogens is 1. The molecule has 3 rings (SSSR count). The summed E-state index contributed by atoms with van der Waals surface area (Å²) >= 11 is 5.91. The van der Waals surface area contributed by atoms with Crippen LogP contribution in [0.2, 0.25) is 5.02 Å². The Morgan fingerprint density at radius 3 is 2.36 bits per heavy atom. The number of nitrogens with one attached hydrogen (secondary N) is 1. The van der Waals surface area contributed by atoms with Crippen LogP contribution in [0.25, 0.3) is 0 Å². The molecule has 0 aliphatic heterocycles. The average molecular weight is 316 g/mol. The normalized spacial score (nSPS) is 15.2. The first kappa shape index (κ1) is 14.9. The minimum Gasteiger partial charge on any atom is -0.484 e. The van der Waals surface area contributed by atoms with E-state index in [1.807, 2.05) is 55.5 Å². The number of aryl methyl sites for hydroxylation is 1. The van der Waals surface area contributed by atoms with Crippen molar-refractivity contribution in [2.24, 2.45) is 0 Å². The molecule has 1 N–H and O–H groups in total. The fourth-order valence-corrected chi connectivity index (χ4v) is 2.59. The Bertz CT molecular complexity index is 660. The van der Waals surface area contributed by atoms with Gasteiger partial charge in [-0.15, -0.1) is 0 Å². The molecular weight excluding hydrogens is 298 g/mol. The highest BCUT2D eigenvalue weighted by Crippen LogP contribution is 2.45. The van der Waals surface area contributed by atoms with E-state index >= 15 is 0 Å². The highest BCUT2D eigenvalue weighted by atomic mass is 35.5. The van der Waals surface area contributed by atoms with Crippen molar-refractivity contribution in [3.8, 4) is 5.75 Å². The Morgan fingerprint density at radius 1 is 1.14 bits per heavy atom. The molecule has 114 valence electrons. The van der Waals surface area contributed by atoms with Gasteiger partial charge < -0.3 is 10.1 Å². The summed E-state index contributed by atoms with van der Waals surface area (Å²) in [6.07, 6.45) is 1.90. The molecule has 0 bridgehead atoms. The first-order valence-electron chi connectivity index (χ1n) is 7.34. The number of rotatable bonds is 5. The van der Waals surface area contributed by atoms with E-state index in [9.17, 15) is 4.79 Å². The van der Waals surface area contributed by atoms with E-state index < -0.39 is 0 Å². The number of ether oxygens (including phenoxy) is 1. The molecule has 1 aliphatic rings. The molecule has 0 heterocycles. The van der Waals surface area contributed by atoms with Crippen LogP contribution in [-0.2, 0) is 10.3 Å². The monoisotopic (exact) mass is 315 g/mol. The molecule has 0 saturated heterocycles. The van der Waals surface area contributed by atoms with E-state index in [4.69, 9.17) is 16.3 Å². The summed E-state index contributed by atoms with van der Waals surface area (Å²) < 4.78 is 5.52. The number of carbonyl (C=O) groups excluding carboxylic acids is 1. The summed E-state index contributed by atoms with van der Waals surface area (Å²) in [4.78, 5) is 12.1. The summed E-state index contributed by atoms with van der Waals surface area (Å²) in [6.45, 7) is 2.04. The second-order valence-corrected chi connectivity index (χ2v) is 6.18. The summed E-state index contributed by atoms with van der Waals surface area (Å²) in [5, 5.41) is 3.78. The van der Waals surface area contributed by atoms with Gasteiger partial charge in [0.1, 0.15) is 5.75 Å². The van der Waals surface area contributed by atoms with E-state index in [1.54, 1.807) is 0 Å². The predicted octanol–water partition coefficient (Wildman–Crippen LogP) is 3.83. The third-order valence-corrected chi connectivity index (χ3v) is 4.17. The maximum absolute atomic E-state index is 12.1. The molecule has 0 unspecified atom stereocenters. The van der Waals surface area contributed by atoms with Crippen molar-refractivity contribution in [1.82, 2.24) is 5.32 Å². The fourth-order valence-electron chi connectivity index (χ4n) is 2.47. The van der Waals surface area contributed by atoms with Crippen LogP contribution in [0.3, 0.4) is 0 Å². The Labute approximate surface area is 135 Å². The van der Waals surface area contributed by atoms with Crippen LogP contribution in [0.15, 0.2) is 48.5 Å². The van der Waals surface area contributed by atoms with Gasteiger partial charge >= 0.3 is 0 Å². The van der Waals surface area contributed by atoms with Crippen molar-refractivity contribution in [2.75, 3.05) is 6.61 Å². The van der Waals surface area contributed by atoms with Gasteiger partial charge in [0, 0.05) is 5.02 Å². The van der Waals surface area contributed by atoms with Crippen LogP contribution < -0.4 is 10.1 Å². The van der Waals surface area contributed by atoms with Gasteiger partial charge in [-0.1, -0.05) is 41.4 Å². The quantitative estimate of drug-likeness (QED) is 0.910. The minimum atomic E-state index is -0.238. The minimum absolute atomic E-state index is 0.0262. The van der Waals surface area contributed by atoms with Gasteiger partial charge in [-0.25, -0.2) is 0 Å². The Morgan fingerprint density at radius 2 is 1.77 bits per heavy atom. The molecule has 0 spiro atoms. The lowest BCUT2D eigenvalue weighted by Gasteiger charge is -2.18. The van der Waals surface area contributed by atoms with Crippen LogP contribution in [0.1, 0.15) is 24.0 Å². The number of benzene rings is 2. The second kappa shape index (κ2) is 6.01. The van der Waals surface area contributed by atoms with Gasteiger partial charge in [-0.2, -0.15) is 0 Å². The van der Waals surface area contributed by atoms with E-state index in [0.29, 0.717) is 10.8 Å². The lowest BCUT2D eigenvalue weighted by atomic mass is 10.1. The first-order valence-corrected chi connectivity index (χ1v) is 7.72. The maximum atomic E-state index is 12.1. The highest BCUT2D eigenvalue weighted by Gasteiger charge is 2.45. The van der Waals surface area contributed by atoms with Gasteiger partial charge in [0.25, 0.3) is 5.91 Å². The van der Waals surface area contributed by atoms with Crippen LogP contribution in [0, 0.1) is 6.92 Å². The summed E-state index contributed by atoms with van der Waals surface area (Å²) in [7, 11) is 0. The molecule has 0 aromatic heterocycles. The molecule has 4 heteroatoms. The largest absolute Gasteiger partial charge is 0.484 e. The van der Waals surface area contributed by atoms with Gasteiger partial charge in [0.15, 0.2) is 6.61 Å². The van der Waals surface area contributed by atoms with Crippen molar-refractivity contribution >= 4 is 17.5 Å². The number of amides is 1. The molecule has 22 heavy (non-hydrogen) atoms. The summed E-state index contributed by atoms with van der Waals surface area (Å²) in [5.74, 6) is 0.602. The predicted molar refractivity (Wildman–Crippen MR) is 87.2 cm³/mol. The van der Waals surface area contributed by atoms with Crippen LogP contribution in [0.5, 0.6) is 5.75 Å². The molecule has 1 fully saturated rings. The Balaban J connectivity index is 1.57. The molecule has 1 aliphatic carbocycles. The molecule has 0 atom stereocenters. The van der Waals surface area contributed by atoms with Gasteiger partial charge in [0.05, 0.1) is 5.54 Å². The molecule has 1 amide bonds. The number of hydrogen-bond acceptors (Lipinski definition) is 2. The topological polar surface area (TPSA) is 38.3 Å². The fraction of sp³-hybridized carbons (Fsp3) is 0.278. The van der Waals surface area contributed by atoms with Crippen LogP contribution in [0.4, 0.5) is 0 Å². The summed E-state index contributed by atoms with van der Waals surface area (Å²) in [5.41, 5.74) is 2.02. The lowest BCUT2D eigenvalue weighted by Crippen LogP contribution is -2.38. The number of carbonyl (C=O) groups is 1. The number of hydrogen-bond donors (Lipinski definition) is 1. The van der Waals surface area contributed by atoms with Gasteiger partial charge in [-0.05, 0) is 49.6 Å². The SMILES string of the molecule is Cc1ccc(OCC(=O)NC2(c3ccc(Cl)cc3)CC2)cc1. The Kier molecular flexibility index (Phi) is 4.08. The molecule has 0 radical (unpaired) electrons. The van der Waals surface area contributed by atoms with E-state index in [-0.39, 0.29) is 18.1 Å². The second-order valence-electron chi connectivity index (χ2n) is 5.74. The van der Waals surface area contributed by atoms with Gasteiger partial charge in [0.2, 0.25) is 0 Å². The average Bonchev–Trinajstić information content (AvgIpc) is 3.28. The zero-order valence-electron chi connectivity index (χ0n) is 12.4. The zero-order chi connectivity index (χ0) is 15.6. The molecular formula is C18H18ClNO2. The molecule has 2 aromatic rings. The zero-order valence-corrected chi connectivity index (χ0v) is 13.2. The third-order valence-electron chi connectivity index (χ3n) is 3.92. The van der Waals surface area contributed by atoms with E-state index in [0.717, 1.165) is 24.0 Å². The van der Waals surface area contributed by atoms with Crippen LogP contribution >= 0.6 is 11.6 Å². The summed E-state index contributed by atoms with van der Waals surface area (Å²) in [6, 6.07) is 15.3. The molecule has 1 saturated carbocycles. The van der Waals surface area contributed by atoms with E-state index in [1.165, 1.54) is 0 Å². The van der Waals surface area contributed by atoms with Crippen molar-refractivity contribution in [2.45, 2.75) is 25.3 Å². The highest BCUT2D eigenvalue weighted by molar-refractivity contribution is 6.30. The van der Waals surface area contributed by atoms with Crippen molar-refractivity contribution < 1.29 is 9.53 Å². The van der Waals surface area contributed by atoms with Crippen molar-refractivity contribution in [1.29, 1.82) is 0 Å². The Hall–Kier alpha value is -2.00. The van der Waals surface area contributed by atoms with Crippen molar-refractivity contribution in [3.05, 3.63) is 64.7 Å². The first-order chi connectivity index (χ1) is 10.6. The molecule has 2 aromatic carbocycles. The third kappa shape index (κ3) is 3.42. The van der Waals surface area contributed by atoms with Gasteiger partial charge in [-0.3, -0.25) is 4.79 Å². The lowest BCUT2D eigenvalue weighted by molar-refractivity contribution is -0.124. The standard InChI is InChI=1S/C18H18ClNO2/c1-13-2-8-16(9-3-13)22-12-17(21)20-18(10-11-18)14-4-6-15(19)7-5-14/h2-9H,10-12H2,1H3,(H,20,21). The van der Waals surface area contributed by atoms with E-state index in [2.05, 4.69) is 5.32 Å².